The Morgan fingerprint density at radius 2 is 1.92 bits per heavy atom. The van der Waals surface area contributed by atoms with Gasteiger partial charge in [-0.05, 0) is 12.5 Å². The van der Waals surface area contributed by atoms with Crippen LogP contribution in [0.4, 0.5) is 4.79 Å². The van der Waals surface area contributed by atoms with Gasteiger partial charge in [-0.15, -0.1) is 0 Å². The molecule has 1 rings (SSSR count). The highest BCUT2D eigenvalue weighted by Gasteiger charge is 2.06. The van der Waals surface area contributed by atoms with Crippen molar-refractivity contribution < 1.29 is 4.79 Å². The van der Waals surface area contributed by atoms with E-state index < -0.39 is 0 Å². The highest BCUT2D eigenvalue weighted by Crippen LogP contribution is 2.10. The molecule has 1 aromatic carbocycles. The van der Waals surface area contributed by atoms with Gasteiger partial charge < -0.3 is 10.6 Å². The minimum absolute atomic E-state index is 0.0427. The van der Waals surface area contributed by atoms with Gasteiger partial charge in [-0.3, -0.25) is 0 Å². The summed E-state index contributed by atoms with van der Waals surface area (Å²) in [5.74, 6) is 0. The molecule has 0 saturated heterocycles. The average molecular weight is 178 g/mol. The van der Waals surface area contributed by atoms with Gasteiger partial charge in [0.05, 0.1) is 6.04 Å². The smallest absolute Gasteiger partial charge is 0.315 e. The number of nitrogens with one attached hydrogen (secondary N) is 2. The van der Waals surface area contributed by atoms with Crippen LogP contribution in [0.3, 0.4) is 0 Å². The van der Waals surface area contributed by atoms with Crippen molar-refractivity contribution in [2.75, 3.05) is 7.05 Å². The number of carbonyl (C=O) groups is 1. The predicted octanol–water partition coefficient (Wildman–Crippen LogP) is 1.68. The molecular weight excluding hydrogens is 164 g/mol. The number of hydrogen-bond donors (Lipinski definition) is 2. The average Bonchev–Trinajstić information content (AvgIpc) is 2.19. The normalized spacial score (nSPS) is 11.8. The van der Waals surface area contributed by atoms with Crippen LogP contribution in [0.15, 0.2) is 30.3 Å². The Kier molecular flexibility index (Phi) is 3.31. The van der Waals surface area contributed by atoms with Crippen molar-refractivity contribution in [3.63, 3.8) is 0 Å². The van der Waals surface area contributed by atoms with E-state index in [4.69, 9.17) is 0 Å². The molecule has 2 amide bonds. The van der Waals surface area contributed by atoms with Crippen LogP contribution >= 0.6 is 0 Å². The molecule has 0 aliphatic rings. The summed E-state index contributed by atoms with van der Waals surface area (Å²) in [6.07, 6.45) is 0. The maximum absolute atomic E-state index is 11.0. The van der Waals surface area contributed by atoms with E-state index in [1.807, 2.05) is 37.3 Å². The second-order valence-electron chi connectivity index (χ2n) is 2.86. The lowest BCUT2D eigenvalue weighted by molar-refractivity contribution is 0.240. The first kappa shape index (κ1) is 9.58. The van der Waals surface area contributed by atoms with Gasteiger partial charge in [0.1, 0.15) is 0 Å². The van der Waals surface area contributed by atoms with Gasteiger partial charge in [-0.2, -0.15) is 0 Å². The summed E-state index contributed by atoms with van der Waals surface area (Å²) < 4.78 is 0. The van der Waals surface area contributed by atoms with Crippen LogP contribution in [0, 0.1) is 0 Å². The molecule has 2 N–H and O–H groups in total. The minimum atomic E-state index is -0.156. The molecule has 0 radical (unpaired) electrons. The number of rotatable bonds is 2. The molecule has 0 aromatic heterocycles. The first-order valence-electron chi connectivity index (χ1n) is 4.27. The van der Waals surface area contributed by atoms with Crippen LogP contribution in [0.2, 0.25) is 0 Å². The Balaban J connectivity index is 2.59. The molecule has 0 aliphatic carbocycles. The van der Waals surface area contributed by atoms with Crippen LogP contribution < -0.4 is 10.6 Å². The maximum Gasteiger partial charge on any atom is 0.315 e. The van der Waals surface area contributed by atoms with Crippen molar-refractivity contribution in [3.8, 4) is 0 Å². The molecule has 0 spiro atoms. The van der Waals surface area contributed by atoms with E-state index in [0.717, 1.165) is 5.56 Å². The summed E-state index contributed by atoms with van der Waals surface area (Å²) in [6.45, 7) is 1.95. The topological polar surface area (TPSA) is 41.1 Å². The molecule has 0 fully saturated rings. The fraction of sp³-hybridized carbons (Fsp3) is 0.300. The Labute approximate surface area is 78.2 Å². The first-order valence-corrected chi connectivity index (χ1v) is 4.27. The Bertz CT molecular complexity index is 272. The van der Waals surface area contributed by atoms with E-state index >= 15 is 0 Å². The molecule has 70 valence electrons. The number of amides is 2. The van der Waals surface area contributed by atoms with Gasteiger partial charge >= 0.3 is 6.03 Å². The summed E-state index contributed by atoms with van der Waals surface area (Å²) in [5.41, 5.74) is 1.10. The summed E-state index contributed by atoms with van der Waals surface area (Å²) in [7, 11) is 1.60. The van der Waals surface area contributed by atoms with Gasteiger partial charge in [0.15, 0.2) is 0 Å². The van der Waals surface area contributed by atoms with Crippen LogP contribution in [0.25, 0.3) is 0 Å². The highest BCUT2D eigenvalue weighted by molar-refractivity contribution is 5.73. The zero-order chi connectivity index (χ0) is 9.68. The van der Waals surface area contributed by atoms with E-state index in [9.17, 15) is 4.79 Å². The lowest BCUT2D eigenvalue weighted by Crippen LogP contribution is -2.34. The molecule has 1 atom stereocenters. The molecule has 3 heteroatoms. The molecule has 13 heavy (non-hydrogen) atoms. The van der Waals surface area contributed by atoms with Gasteiger partial charge in [0.2, 0.25) is 0 Å². The van der Waals surface area contributed by atoms with E-state index in [2.05, 4.69) is 10.6 Å². The summed E-state index contributed by atoms with van der Waals surface area (Å²) in [5, 5.41) is 5.31. The third-order valence-electron chi connectivity index (χ3n) is 1.87. The van der Waals surface area contributed by atoms with Gasteiger partial charge in [-0.25, -0.2) is 4.79 Å². The Morgan fingerprint density at radius 3 is 2.46 bits per heavy atom. The van der Waals surface area contributed by atoms with E-state index in [-0.39, 0.29) is 12.1 Å². The quantitative estimate of drug-likeness (QED) is 0.710. The van der Waals surface area contributed by atoms with E-state index in [1.165, 1.54) is 0 Å². The summed E-state index contributed by atoms with van der Waals surface area (Å²) >= 11 is 0. The molecule has 0 heterocycles. The van der Waals surface area contributed by atoms with Gasteiger partial charge in [-0.1, -0.05) is 30.3 Å². The molecule has 3 nitrogen and oxygen atoms in total. The predicted molar refractivity (Wildman–Crippen MR) is 52.4 cm³/mol. The van der Waals surface area contributed by atoms with E-state index in [0.29, 0.717) is 0 Å². The van der Waals surface area contributed by atoms with Crippen molar-refractivity contribution in [2.24, 2.45) is 0 Å². The van der Waals surface area contributed by atoms with E-state index in [1.54, 1.807) is 7.05 Å². The zero-order valence-corrected chi connectivity index (χ0v) is 7.87. The first-order chi connectivity index (χ1) is 6.24. The lowest BCUT2D eigenvalue weighted by Gasteiger charge is -2.13. The van der Waals surface area contributed by atoms with Crippen LogP contribution in [-0.2, 0) is 0 Å². The fourth-order valence-corrected chi connectivity index (χ4v) is 1.09. The third-order valence-corrected chi connectivity index (χ3v) is 1.87. The third kappa shape index (κ3) is 2.78. The van der Waals surface area contributed by atoms with Crippen LogP contribution in [0.5, 0.6) is 0 Å². The van der Waals surface area contributed by atoms with Crippen molar-refractivity contribution in [1.82, 2.24) is 10.6 Å². The zero-order valence-electron chi connectivity index (χ0n) is 7.87. The second-order valence-corrected chi connectivity index (χ2v) is 2.86. The van der Waals surface area contributed by atoms with Crippen LogP contribution in [0.1, 0.15) is 18.5 Å². The standard InChI is InChI=1S/C10H14N2O/c1-8(12-10(13)11-2)9-6-4-3-5-7-9/h3-8H,1-2H3,(H2,11,12,13). The highest BCUT2D eigenvalue weighted by atomic mass is 16.2. The Hall–Kier alpha value is -1.51. The van der Waals surface area contributed by atoms with Crippen molar-refractivity contribution >= 4 is 6.03 Å². The number of urea groups is 1. The second kappa shape index (κ2) is 4.50. The van der Waals surface area contributed by atoms with Crippen molar-refractivity contribution in [3.05, 3.63) is 35.9 Å². The van der Waals surface area contributed by atoms with Gasteiger partial charge in [0.25, 0.3) is 0 Å². The molecule has 1 aromatic rings. The monoisotopic (exact) mass is 178 g/mol. The fourth-order valence-electron chi connectivity index (χ4n) is 1.09. The van der Waals surface area contributed by atoms with Crippen molar-refractivity contribution in [1.29, 1.82) is 0 Å². The SMILES string of the molecule is CNC(=O)NC(C)c1ccccc1. The Morgan fingerprint density at radius 1 is 1.31 bits per heavy atom. The largest absolute Gasteiger partial charge is 0.341 e. The molecule has 1 unspecified atom stereocenters. The number of benzene rings is 1. The number of carbonyl (C=O) groups excluding carboxylic acids is 1. The summed E-state index contributed by atoms with van der Waals surface area (Å²) in [6, 6.07) is 9.73. The lowest BCUT2D eigenvalue weighted by atomic mass is 10.1. The molecule has 0 aliphatic heterocycles. The van der Waals surface area contributed by atoms with Gasteiger partial charge in [0, 0.05) is 7.05 Å². The minimum Gasteiger partial charge on any atom is -0.341 e. The van der Waals surface area contributed by atoms with Crippen LogP contribution in [-0.4, -0.2) is 13.1 Å². The molecule has 0 bridgehead atoms. The number of hydrogen-bond acceptors (Lipinski definition) is 1. The summed E-state index contributed by atoms with van der Waals surface area (Å²) in [4.78, 5) is 11.0. The maximum atomic E-state index is 11.0. The molecule has 0 saturated carbocycles. The van der Waals surface area contributed by atoms with Crippen molar-refractivity contribution in [2.45, 2.75) is 13.0 Å². The molecular formula is C10H14N2O.